The molecular formula is C32H39FN2O. The van der Waals surface area contributed by atoms with E-state index >= 15 is 0 Å². The Labute approximate surface area is 216 Å². The zero-order valence-corrected chi connectivity index (χ0v) is 21.9. The minimum absolute atomic E-state index is 0.256. The number of rotatable bonds is 11. The second kappa shape index (κ2) is 13.7. The van der Waals surface area contributed by atoms with Crippen LogP contribution >= 0.6 is 0 Å². The Morgan fingerprint density at radius 1 is 1.17 bits per heavy atom. The standard InChI is InChI=1S/C32H39FN2O/c1-6-9-31-27(18-23(3)4)21-26(30-15-17-34-16-8-10-32(30)35-31)20-24(5)19-25(7-2)22-36-29-13-11-28(33)12-14-29/h6,9,11-14,16,21,25H,1,3,5,7-8,10,15,17-20,22H2,2,4H3. The molecule has 0 spiro atoms. The van der Waals surface area contributed by atoms with Crippen LogP contribution in [-0.2, 0) is 0 Å². The van der Waals surface area contributed by atoms with Crippen LogP contribution in [0.5, 0.6) is 5.75 Å². The van der Waals surface area contributed by atoms with Crippen molar-refractivity contribution in [3.8, 4) is 5.75 Å². The van der Waals surface area contributed by atoms with Gasteiger partial charge < -0.3 is 4.74 Å². The van der Waals surface area contributed by atoms with Crippen molar-refractivity contribution in [2.45, 2.75) is 58.8 Å². The summed E-state index contributed by atoms with van der Waals surface area (Å²) in [5.41, 5.74) is 8.16. The first-order valence-corrected chi connectivity index (χ1v) is 12.9. The van der Waals surface area contributed by atoms with Crippen LogP contribution in [0.3, 0.4) is 0 Å². The lowest BCUT2D eigenvalue weighted by Crippen LogP contribution is -2.13. The molecule has 190 valence electrons. The molecule has 2 aliphatic heterocycles. The summed E-state index contributed by atoms with van der Waals surface area (Å²) in [6.07, 6.45) is 14.2. The van der Waals surface area contributed by atoms with Gasteiger partial charge in [0.2, 0.25) is 0 Å². The van der Waals surface area contributed by atoms with Crippen molar-refractivity contribution in [3.63, 3.8) is 0 Å². The molecule has 0 radical (unpaired) electrons. The van der Waals surface area contributed by atoms with E-state index in [1.165, 1.54) is 34.4 Å². The molecular weight excluding hydrogens is 447 g/mol. The second-order valence-corrected chi connectivity index (χ2v) is 9.70. The molecule has 0 N–H and O–H groups in total. The quantitative estimate of drug-likeness (QED) is 0.289. The van der Waals surface area contributed by atoms with E-state index in [4.69, 9.17) is 9.73 Å². The third-order valence-electron chi connectivity index (χ3n) is 6.46. The molecule has 0 saturated carbocycles. The molecule has 0 bridgehead atoms. The average Bonchev–Trinajstić information content (AvgIpc) is 2.94. The van der Waals surface area contributed by atoms with Gasteiger partial charge in [0.15, 0.2) is 0 Å². The number of fused-ring (bicyclic) bond motifs is 1. The van der Waals surface area contributed by atoms with E-state index in [0.717, 1.165) is 68.5 Å². The number of benzene rings is 1. The number of hydrogen-bond acceptors (Lipinski definition) is 3. The summed E-state index contributed by atoms with van der Waals surface area (Å²) in [6.45, 7) is 18.1. The molecule has 3 rings (SSSR count). The summed E-state index contributed by atoms with van der Waals surface area (Å²) in [6, 6.07) is 6.21. The van der Waals surface area contributed by atoms with Gasteiger partial charge in [-0.2, -0.15) is 0 Å². The Bertz CT molecular complexity index is 1120. The van der Waals surface area contributed by atoms with Crippen molar-refractivity contribution in [1.29, 1.82) is 0 Å². The Hall–Kier alpha value is -3.27. The third-order valence-corrected chi connectivity index (χ3v) is 6.46. The van der Waals surface area contributed by atoms with Crippen LogP contribution in [0, 0.1) is 11.7 Å². The molecule has 0 fully saturated rings. The van der Waals surface area contributed by atoms with Crippen LogP contribution in [0.1, 0.15) is 58.8 Å². The first-order valence-electron chi connectivity index (χ1n) is 12.9. The van der Waals surface area contributed by atoms with E-state index in [2.05, 4.69) is 44.7 Å². The first-order chi connectivity index (χ1) is 17.4. The van der Waals surface area contributed by atoms with E-state index in [0.29, 0.717) is 18.3 Å². The third kappa shape index (κ3) is 8.15. The van der Waals surface area contributed by atoms with Gasteiger partial charge in [-0.15, -0.1) is 0 Å². The molecule has 1 unspecified atom stereocenters. The van der Waals surface area contributed by atoms with Crippen molar-refractivity contribution in [2.24, 2.45) is 15.9 Å². The van der Waals surface area contributed by atoms with Gasteiger partial charge in [0.05, 0.1) is 12.3 Å². The van der Waals surface area contributed by atoms with Gasteiger partial charge in [-0.25, -0.2) is 4.39 Å². The molecule has 1 aromatic carbocycles. The minimum Gasteiger partial charge on any atom is -0.493 e. The highest BCUT2D eigenvalue weighted by Gasteiger charge is 2.21. The van der Waals surface area contributed by atoms with Gasteiger partial charge >= 0.3 is 0 Å². The maximum absolute atomic E-state index is 13.2. The predicted octanol–water partition coefficient (Wildman–Crippen LogP) is 8.54. The Kier molecular flexibility index (Phi) is 10.4. The molecule has 1 aromatic rings. The topological polar surface area (TPSA) is 34.0 Å². The molecule has 2 aliphatic rings. The van der Waals surface area contributed by atoms with E-state index in [-0.39, 0.29) is 5.82 Å². The van der Waals surface area contributed by atoms with Crippen molar-refractivity contribution < 1.29 is 9.13 Å². The molecule has 0 aromatic heterocycles. The highest BCUT2D eigenvalue weighted by molar-refractivity contribution is 6.03. The van der Waals surface area contributed by atoms with Crippen LogP contribution in [0.2, 0.25) is 0 Å². The molecule has 0 saturated heterocycles. The monoisotopic (exact) mass is 486 g/mol. The number of aliphatic imine (C=N–C) groups is 2. The fraction of sp³-hybridized carbons (Fsp3) is 0.375. The predicted molar refractivity (Wildman–Crippen MR) is 152 cm³/mol. The number of halogens is 1. The zero-order chi connectivity index (χ0) is 25.9. The molecule has 0 aliphatic carbocycles. The minimum atomic E-state index is -0.256. The number of hydrogen-bond donors (Lipinski definition) is 0. The van der Waals surface area contributed by atoms with E-state index in [9.17, 15) is 4.39 Å². The summed E-state index contributed by atoms with van der Waals surface area (Å²) in [5.74, 6) is 0.775. The Morgan fingerprint density at radius 2 is 1.94 bits per heavy atom. The Balaban J connectivity index is 1.83. The van der Waals surface area contributed by atoms with Crippen molar-refractivity contribution in [3.05, 3.63) is 102 Å². The van der Waals surface area contributed by atoms with Crippen LogP contribution in [0.4, 0.5) is 4.39 Å². The average molecular weight is 487 g/mol. The van der Waals surface area contributed by atoms with Crippen molar-refractivity contribution in [1.82, 2.24) is 0 Å². The molecule has 36 heavy (non-hydrogen) atoms. The highest BCUT2D eigenvalue weighted by Crippen LogP contribution is 2.33. The molecule has 0 amide bonds. The number of ether oxygens (including phenoxy) is 1. The fourth-order valence-corrected chi connectivity index (χ4v) is 4.61. The summed E-state index contributed by atoms with van der Waals surface area (Å²) < 4.78 is 19.2. The first kappa shape index (κ1) is 27.3. The molecule has 2 heterocycles. The van der Waals surface area contributed by atoms with Crippen LogP contribution in [0.25, 0.3) is 0 Å². The summed E-state index contributed by atoms with van der Waals surface area (Å²) in [5, 5.41) is 0. The SMILES string of the molecule is C=CC=C1N=C2CCC=NCCC2=C(CC(=C)CC(CC)COc2ccc(F)cc2)C=C1CC(=C)C. The number of allylic oxidation sites excluding steroid dienone is 7. The summed E-state index contributed by atoms with van der Waals surface area (Å²) in [4.78, 5) is 9.70. The van der Waals surface area contributed by atoms with Crippen LogP contribution < -0.4 is 4.74 Å². The van der Waals surface area contributed by atoms with Gasteiger partial charge in [-0.05, 0) is 111 Å². The van der Waals surface area contributed by atoms with E-state index < -0.39 is 0 Å². The molecule has 4 heteroatoms. The van der Waals surface area contributed by atoms with Crippen LogP contribution in [0.15, 0.2) is 106 Å². The van der Waals surface area contributed by atoms with E-state index in [1.54, 1.807) is 12.1 Å². The summed E-state index contributed by atoms with van der Waals surface area (Å²) >= 11 is 0. The van der Waals surface area contributed by atoms with Gasteiger partial charge in [0.25, 0.3) is 0 Å². The highest BCUT2D eigenvalue weighted by atomic mass is 19.1. The molecule has 3 nitrogen and oxygen atoms in total. The largest absolute Gasteiger partial charge is 0.493 e. The zero-order valence-electron chi connectivity index (χ0n) is 21.9. The van der Waals surface area contributed by atoms with Gasteiger partial charge in [0.1, 0.15) is 11.6 Å². The van der Waals surface area contributed by atoms with Gasteiger partial charge in [0, 0.05) is 12.3 Å². The second-order valence-electron chi connectivity index (χ2n) is 9.70. The smallest absolute Gasteiger partial charge is 0.123 e. The van der Waals surface area contributed by atoms with Crippen LogP contribution in [-0.4, -0.2) is 25.1 Å². The lowest BCUT2D eigenvalue weighted by molar-refractivity contribution is 0.243. The Morgan fingerprint density at radius 3 is 2.64 bits per heavy atom. The van der Waals surface area contributed by atoms with Crippen molar-refractivity contribution in [2.75, 3.05) is 13.2 Å². The lowest BCUT2D eigenvalue weighted by atomic mass is 9.88. The number of nitrogens with zero attached hydrogens (tertiary/aromatic N) is 2. The van der Waals surface area contributed by atoms with E-state index in [1.807, 2.05) is 18.4 Å². The maximum atomic E-state index is 13.2. The fourth-order valence-electron chi connectivity index (χ4n) is 4.61. The lowest BCUT2D eigenvalue weighted by Gasteiger charge is -2.20. The summed E-state index contributed by atoms with van der Waals surface area (Å²) in [7, 11) is 0. The van der Waals surface area contributed by atoms with Crippen molar-refractivity contribution >= 4 is 11.9 Å². The normalized spacial score (nSPS) is 17.8. The van der Waals surface area contributed by atoms with Gasteiger partial charge in [-0.1, -0.05) is 50.0 Å². The maximum Gasteiger partial charge on any atom is 0.123 e. The van der Waals surface area contributed by atoms with Gasteiger partial charge in [-0.3, -0.25) is 9.98 Å². The molecule has 1 atom stereocenters.